The van der Waals surface area contributed by atoms with Crippen LogP contribution in [0.15, 0.2) is 18.2 Å². The van der Waals surface area contributed by atoms with E-state index in [4.69, 9.17) is 0 Å². The van der Waals surface area contributed by atoms with E-state index in [0.717, 1.165) is 31.9 Å². The van der Waals surface area contributed by atoms with Crippen molar-refractivity contribution in [2.24, 2.45) is 11.3 Å². The highest BCUT2D eigenvalue weighted by Crippen LogP contribution is 2.37. The molecule has 1 aromatic rings. The van der Waals surface area contributed by atoms with Gasteiger partial charge in [0.1, 0.15) is 5.82 Å². The van der Waals surface area contributed by atoms with Crippen LogP contribution in [0.3, 0.4) is 0 Å². The second kappa shape index (κ2) is 5.91. The van der Waals surface area contributed by atoms with Crippen LogP contribution < -0.4 is 15.5 Å². The fourth-order valence-electron chi connectivity index (χ4n) is 3.84. The van der Waals surface area contributed by atoms with Crippen LogP contribution in [0, 0.1) is 17.2 Å². The van der Waals surface area contributed by atoms with E-state index in [1.165, 1.54) is 12.1 Å². The lowest BCUT2D eigenvalue weighted by molar-refractivity contribution is -0.136. The molecule has 0 bridgehead atoms. The zero-order valence-electron chi connectivity index (χ0n) is 13.8. The van der Waals surface area contributed by atoms with Crippen molar-refractivity contribution in [3.05, 3.63) is 29.6 Å². The van der Waals surface area contributed by atoms with Crippen LogP contribution in [-0.4, -0.2) is 43.8 Å². The number of halogens is 1. The van der Waals surface area contributed by atoms with E-state index in [0.29, 0.717) is 11.8 Å². The van der Waals surface area contributed by atoms with Crippen molar-refractivity contribution in [3.8, 4) is 0 Å². The molecule has 3 heterocycles. The number of anilines is 1. The minimum atomic E-state index is -0.564. The van der Waals surface area contributed by atoms with Crippen molar-refractivity contribution in [1.82, 2.24) is 10.6 Å². The Kier molecular flexibility index (Phi) is 3.83. The molecule has 1 unspecified atom stereocenters. The maximum absolute atomic E-state index is 14.4. The molecule has 132 valence electrons. The predicted octanol–water partition coefficient (Wildman–Crippen LogP) is 0.861. The Hall–Kier alpha value is -2.28. The average Bonchev–Trinajstić information content (AvgIpc) is 2.47. The third-order valence-corrected chi connectivity index (χ3v) is 5.46. The predicted molar refractivity (Wildman–Crippen MR) is 88.7 cm³/mol. The van der Waals surface area contributed by atoms with E-state index in [1.54, 1.807) is 6.07 Å². The number of hydrogen-bond donors (Lipinski definition) is 2. The normalized spacial score (nSPS) is 24.5. The first-order valence-corrected chi connectivity index (χ1v) is 8.58. The maximum atomic E-state index is 14.4. The van der Waals surface area contributed by atoms with Gasteiger partial charge in [-0.2, -0.15) is 0 Å². The van der Waals surface area contributed by atoms with Crippen LogP contribution in [0.1, 0.15) is 29.6 Å². The van der Waals surface area contributed by atoms with E-state index >= 15 is 0 Å². The van der Waals surface area contributed by atoms with Crippen molar-refractivity contribution in [1.29, 1.82) is 0 Å². The Labute approximate surface area is 144 Å². The van der Waals surface area contributed by atoms with Crippen molar-refractivity contribution in [2.75, 3.05) is 31.1 Å². The highest BCUT2D eigenvalue weighted by molar-refractivity contribution is 6.03. The van der Waals surface area contributed by atoms with Gasteiger partial charge in [-0.15, -0.1) is 0 Å². The molecule has 3 fully saturated rings. The third kappa shape index (κ3) is 2.93. The van der Waals surface area contributed by atoms with Crippen molar-refractivity contribution in [2.45, 2.75) is 19.3 Å². The Morgan fingerprint density at radius 3 is 2.64 bits per heavy atom. The number of nitrogens with one attached hydrogen (secondary N) is 2. The first kappa shape index (κ1) is 16.2. The zero-order valence-corrected chi connectivity index (χ0v) is 13.8. The molecule has 3 aliphatic rings. The van der Waals surface area contributed by atoms with Crippen LogP contribution in [0.5, 0.6) is 0 Å². The van der Waals surface area contributed by atoms with Crippen LogP contribution in [0.25, 0.3) is 0 Å². The van der Waals surface area contributed by atoms with Crippen LogP contribution in [0.2, 0.25) is 0 Å². The average molecular weight is 345 g/mol. The minimum absolute atomic E-state index is 0.00833. The Balaban J connectivity index is 1.41. The van der Waals surface area contributed by atoms with E-state index in [1.807, 2.05) is 0 Å². The van der Waals surface area contributed by atoms with E-state index in [2.05, 4.69) is 15.5 Å². The van der Waals surface area contributed by atoms with E-state index < -0.39 is 23.4 Å². The summed E-state index contributed by atoms with van der Waals surface area (Å²) in [5.74, 6) is -2.28. The summed E-state index contributed by atoms with van der Waals surface area (Å²) in [5, 5.41) is 5.48. The molecule has 0 aliphatic carbocycles. The molecule has 3 saturated heterocycles. The second-order valence-corrected chi connectivity index (χ2v) is 7.40. The van der Waals surface area contributed by atoms with Gasteiger partial charge in [0.15, 0.2) is 5.78 Å². The Morgan fingerprint density at radius 2 is 2.04 bits per heavy atom. The number of nitrogens with zero attached hydrogens (tertiary/aromatic N) is 1. The third-order valence-electron chi connectivity index (χ3n) is 5.46. The minimum Gasteiger partial charge on any atom is -0.370 e. The molecule has 2 N–H and O–H groups in total. The molecular formula is C18H20FN3O3. The summed E-state index contributed by atoms with van der Waals surface area (Å²) < 4.78 is 14.4. The van der Waals surface area contributed by atoms with Crippen molar-refractivity contribution in [3.63, 3.8) is 0 Å². The summed E-state index contributed by atoms with van der Waals surface area (Å²) in [7, 11) is 0. The van der Waals surface area contributed by atoms with Gasteiger partial charge < -0.3 is 10.2 Å². The lowest BCUT2D eigenvalue weighted by atomic mass is 9.74. The fraction of sp³-hybridized carbons (Fsp3) is 0.500. The molecule has 0 aromatic heterocycles. The standard InChI is InChI=1S/C18H20FN3O3/c19-14-6-12(22-9-18(10-22)7-20-8-18)2-3-13(14)15(23)5-11-1-4-16(24)21-17(11)25/h2-3,6,11,20H,1,4-5,7-10H2,(H,21,24,25). The maximum Gasteiger partial charge on any atom is 0.230 e. The van der Waals surface area contributed by atoms with Crippen LogP contribution in [-0.2, 0) is 9.59 Å². The van der Waals surface area contributed by atoms with Gasteiger partial charge in [0.05, 0.1) is 5.56 Å². The number of carbonyl (C=O) groups excluding carboxylic acids is 3. The largest absolute Gasteiger partial charge is 0.370 e. The number of carbonyl (C=O) groups is 3. The van der Waals surface area contributed by atoms with Gasteiger partial charge in [0.2, 0.25) is 11.8 Å². The monoisotopic (exact) mass is 345 g/mol. The number of amides is 2. The first-order chi connectivity index (χ1) is 12.0. The van der Waals surface area contributed by atoms with Crippen molar-refractivity contribution >= 4 is 23.3 Å². The van der Waals surface area contributed by atoms with Crippen molar-refractivity contribution < 1.29 is 18.8 Å². The Bertz CT molecular complexity index is 752. The number of imide groups is 1. The molecule has 1 atom stereocenters. The summed E-state index contributed by atoms with van der Waals surface area (Å²) in [6.07, 6.45) is 0.477. The molecule has 7 heteroatoms. The lowest BCUT2D eigenvalue weighted by Crippen LogP contribution is -2.71. The Morgan fingerprint density at radius 1 is 1.28 bits per heavy atom. The van der Waals surface area contributed by atoms with Gasteiger partial charge in [-0.05, 0) is 24.6 Å². The molecular weight excluding hydrogens is 325 g/mol. The van der Waals surface area contributed by atoms with E-state index in [9.17, 15) is 18.8 Å². The van der Waals surface area contributed by atoms with Crippen LogP contribution >= 0.6 is 0 Å². The number of benzene rings is 1. The number of Topliss-reactive ketones (excluding diaryl/α,β-unsaturated/α-hetero) is 1. The SMILES string of the molecule is O=C1CCC(CC(=O)c2ccc(N3CC4(CNC4)C3)cc2F)C(=O)N1. The summed E-state index contributed by atoms with van der Waals surface area (Å²) >= 11 is 0. The summed E-state index contributed by atoms with van der Waals surface area (Å²) in [6.45, 7) is 3.83. The fourth-order valence-corrected chi connectivity index (χ4v) is 3.84. The second-order valence-electron chi connectivity index (χ2n) is 7.40. The summed E-state index contributed by atoms with van der Waals surface area (Å²) in [6, 6.07) is 4.67. The summed E-state index contributed by atoms with van der Waals surface area (Å²) in [4.78, 5) is 37.4. The zero-order chi connectivity index (χ0) is 17.6. The number of hydrogen-bond acceptors (Lipinski definition) is 5. The summed E-state index contributed by atoms with van der Waals surface area (Å²) in [5.41, 5.74) is 1.14. The number of rotatable bonds is 4. The number of piperidine rings is 1. The molecule has 4 rings (SSSR count). The molecule has 1 spiro atoms. The lowest BCUT2D eigenvalue weighted by Gasteiger charge is -2.57. The molecule has 25 heavy (non-hydrogen) atoms. The van der Waals surface area contributed by atoms with Gasteiger partial charge >= 0.3 is 0 Å². The molecule has 0 radical (unpaired) electrons. The first-order valence-electron chi connectivity index (χ1n) is 8.58. The molecule has 0 saturated carbocycles. The molecule has 2 amide bonds. The molecule has 1 aromatic carbocycles. The quantitative estimate of drug-likeness (QED) is 0.625. The van der Waals surface area contributed by atoms with Gasteiger partial charge in [-0.25, -0.2) is 4.39 Å². The van der Waals surface area contributed by atoms with Crippen LogP contribution in [0.4, 0.5) is 10.1 Å². The highest BCUT2D eigenvalue weighted by Gasteiger charge is 2.47. The number of ketones is 1. The van der Waals surface area contributed by atoms with Gasteiger partial charge in [0, 0.05) is 56.0 Å². The van der Waals surface area contributed by atoms with E-state index in [-0.39, 0.29) is 24.3 Å². The topological polar surface area (TPSA) is 78.5 Å². The van der Waals surface area contributed by atoms with Gasteiger partial charge in [-0.1, -0.05) is 0 Å². The smallest absolute Gasteiger partial charge is 0.230 e. The molecule has 6 nitrogen and oxygen atoms in total. The van der Waals surface area contributed by atoms with Gasteiger partial charge in [0.25, 0.3) is 0 Å². The molecule has 3 aliphatic heterocycles. The van der Waals surface area contributed by atoms with Gasteiger partial charge in [-0.3, -0.25) is 19.7 Å². The highest BCUT2D eigenvalue weighted by atomic mass is 19.1.